The highest BCUT2D eigenvalue weighted by molar-refractivity contribution is 8.27. The van der Waals surface area contributed by atoms with Crippen LogP contribution in [0.25, 0.3) is 6.08 Å². The van der Waals surface area contributed by atoms with Gasteiger partial charge >= 0.3 is 0 Å². The molecule has 0 radical (unpaired) electrons. The summed E-state index contributed by atoms with van der Waals surface area (Å²) in [6, 6.07) is 17.2. The Hall–Kier alpha value is -3.62. The van der Waals surface area contributed by atoms with Crippen LogP contribution in [0, 0.1) is 27.7 Å². The van der Waals surface area contributed by atoms with Gasteiger partial charge in [-0.15, -0.1) is 0 Å². The Morgan fingerprint density at radius 1 is 0.947 bits per heavy atom. The van der Waals surface area contributed by atoms with Gasteiger partial charge in [-0.3, -0.25) is 14.5 Å². The quantitative estimate of drug-likeness (QED) is 0.249. The van der Waals surface area contributed by atoms with Gasteiger partial charge < -0.3 is 14.8 Å². The molecule has 6 nitrogen and oxygen atoms in total. The Bertz CT molecular complexity index is 1450. The van der Waals surface area contributed by atoms with Crippen LogP contribution < -0.4 is 19.7 Å². The van der Waals surface area contributed by atoms with E-state index in [4.69, 9.17) is 21.7 Å². The molecule has 1 fully saturated rings. The molecule has 0 saturated carbocycles. The number of benzene rings is 3. The number of ether oxygens (including phenoxy) is 2. The van der Waals surface area contributed by atoms with E-state index < -0.39 is 0 Å². The van der Waals surface area contributed by atoms with Gasteiger partial charge in [-0.2, -0.15) is 0 Å². The van der Waals surface area contributed by atoms with Crippen LogP contribution >= 0.6 is 24.0 Å². The molecule has 3 aromatic carbocycles. The molecule has 8 heteroatoms. The number of nitrogens with zero attached hydrogens (tertiary/aromatic N) is 1. The number of hydrogen-bond acceptors (Lipinski definition) is 6. The minimum Gasteiger partial charge on any atom is -0.490 e. The number of hydrogen-bond donors (Lipinski definition) is 1. The second-order valence-electron chi connectivity index (χ2n) is 9.10. The maximum Gasteiger partial charge on any atom is 0.270 e. The van der Waals surface area contributed by atoms with Gasteiger partial charge in [-0.05, 0) is 87.2 Å². The molecule has 0 atom stereocenters. The molecule has 1 N–H and O–H groups in total. The first-order valence-electron chi connectivity index (χ1n) is 12.3. The first kappa shape index (κ1) is 27.4. The lowest BCUT2D eigenvalue weighted by molar-refractivity contribution is -0.118. The monoisotopic (exact) mass is 546 g/mol. The number of thioether (sulfide) groups is 1. The number of carbonyl (C=O) groups is 2. The second-order valence-corrected chi connectivity index (χ2v) is 10.8. The standard InChI is InChI=1S/C30H30N2O4S2/c1-6-35-26-15-22(10-12-25(26)36-17-28(33)31-23-14-19(3)7-9-20(23)4)16-27-29(34)32(30(37)38-27)24-11-8-18(2)13-21(24)5/h7-16H,6,17H2,1-5H3,(H,31,33)/b27-16-. The molecule has 1 aliphatic rings. The van der Waals surface area contributed by atoms with Crippen LogP contribution in [-0.2, 0) is 9.59 Å². The molecule has 0 spiro atoms. The van der Waals surface area contributed by atoms with Gasteiger partial charge in [-0.25, -0.2) is 0 Å². The topological polar surface area (TPSA) is 67.9 Å². The van der Waals surface area contributed by atoms with Crippen molar-refractivity contribution in [1.29, 1.82) is 0 Å². The first-order valence-corrected chi connectivity index (χ1v) is 13.5. The fourth-order valence-corrected chi connectivity index (χ4v) is 5.37. The third-order valence-corrected chi connectivity index (χ3v) is 7.28. The van der Waals surface area contributed by atoms with Gasteiger partial charge in [0, 0.05) is 5.69 Å². The summed E-state index contributed by atoms with van der Waals surface area (Å²) in [5.74, 6) is 0.516. The van der Waals surface area contributed by atoms with E-state index in [1.54, 1.807) is 23.1 Å². The lowest BCUT2D eigenvalue weighted by Crippen LogP contribution is -2.28. The Kier molecular flexibility index (Phi) is 8.54. The maximum atomic E-state index is 13.3. The normalized spacial score (nSPS) is 14.2. The van der Waals surface area contributed by atoms with E-state index in [0.29, 0.717) is 27.3 Å². The van der Waals surface area contributed by atoms with E-state index in [1.807, 2.05) is 77.1 Å². The van der Waals surface area contributed by atoms with Crippen LogP contribution in [-0.4, -0.2) is 29.3 Å². The van der Waals surface area contributed by atoms with Crippen molar-refractivity contribution < 1.29 is 19.1 Å². The van der Waals surface area contributed by atoms with E-state index in [9.17, 15) is 9.59 Å². The van der Waals surface area contributed by atoms with Crippen molar-refractivity contribution in [2.45, 2.75) is 34.6 Å². The summed E-state index contributed by atoms with van der Waals surface area (Å²) in [5.41, 5.74) is 6.47. The van der Waals surface area contributed by atoms with Crippen molar-refractivity contribution in [2.75, 3.05) is 23.4 Å². The summed E-state index contributed by atoms with van der Waals surface area (Å²) in [6.07, 6.45) is 1.79. The molecular formula is C30H30N2O4S2. The van der Waals surface area contributed by atoms with Crippen molar-refractivity contribution in [1.82, 2.24) is 0 Å². The fourth-order valence-electron chi connectivity index (χ4n) is 4.09. The molecule has 1 saturated heterocycles. The summed E-state index contributed by atoms with van der Waals surface area (Å²) in [6.45, 7) is 10.0. The average Bonchev–Trinajstić information content (AvgIpc) is 3.13. The largest absolute Gasteiger partial charge is 0.490 e. The Morgan fingerprint density at radius 2 is 1.68 bits per heavy atom. The Labute approximate surface area is 233 Å². The smallest absolute Gasteiger partial charge is 0.270 e. The Balaban J connectivity index is 1.49. The van der Waals surface area contributed by atoms with Crippen molar-refractivity contribution in [3.8, 4) is 11.5 Å². The van der Waals surface area contributed by atoms with Crippen molar-refractivity contribution in [2.24, 2.45) is 0 Å². The highest BCUT2D eigenvalue weighted by Crippen LogP contribution is 2.38. The van der Waals surface area contributed by atoms with E-state index in [1.165, 1.54) is 11.8 Å². The first-order chi connectivity index (χ1) is 18.2. The van der Waals surface area contributed by atoms with Gasteiger partial charge in [0.15, 0.2) is 22.4 Å². The van der Waals surface area contributed by atoms with Gasteiger partial charge in [-0.1, -0.05) is 59.9 Å². The highest BCUT2D eigenvalue weighted by Gasteiger charge is 2.34. The third kappa shape index (κ3) is 6.26. The summed E-state index contributed by atoms with van der Waals surface area (Å²) in [7, 11) is 0. The van der Waals surface area contributed by atoms with Crippen molar-refractivity contribution >= 4 is 57.6 Å². The average molecular weight is 547 g/mol. The minimum atomic E-state index is -0.264. The van der Waals surface area contributed by atoms with Gasteiger partial charge in [0.1, 0.15) is 0 Å². The number of carbonyl (C=O) groups excluding carboxylic acids is 2. The van der Waals surface area contributed by atoms with Crippen molar-refractivity contribution in [3.05, 3.63) is 87.3 Å². The molecule has 0 aromatic heterocycles. The number of thiocarbonyl (C=S) groups is 1. The molecule has 0 bridgehead atoms. The highest BCUT2D eigenvalue weighted by atomic mass is 32.2. The zero-order valence-electron chi connectivity index (χ0n) is 22.1. The number of aryl methyl sites for hydroxylation is 4. The molecular weight excluding hydrogens is 516 g/mol. The van der Waals surface area contributed by atoms with E-state index >= 15 is 0 Å². The van der Waals surface area contributed by atoms with E-state index in [2.05, 4.69) is 5.32 Å². The van der Waals surface area contributed by atoms with Crippen LogP contribution in [0.15, 0.2) is 59.5 Å². The summed E-state index contributed by atoms with van der Waals surface area (Å²) >= 11 is 6.81. The lowest BCUT2D eigenvalue weighted by atomic mass is 10.1. The van der Waals surface area contributed by atoms with Gasteiger partial charge in [0.2, 0.25) is 0 Å². The molecule has 3 aromatic rings. The van der Waals surface area contributed by atoms with Crippen LogP contribution in [0.5, 0.6) is 11.5 Å². The molecule has 2 amide bonds. The van der Waals surface area contributed by atoms with Crippen molar-refractivity contribution in [3.63, 3.8) is 0 Å². The SMILES string of the molecule is CCOc1cc(/C=C2\SC(=S)N(c3ccc(C)cc3C)C2=O)ccc1OCC(=O)Nc1cc(C)ccc1C. The molecule has 4 rings (SSSR count). The number of amides is 2. The van der Waals surface area contributed by atoms with Crippen LogP contribution in [0.4, 0.5) is 11.4 Å². The predicted molar refractivity (Wildman–Crippen MR) is 159 cm³/mol. The fraction of sp³-hybridized carbons (Fsp3) is 0.233. The number of anilines is 2. The maximum absolute atomic E-state index is 13.3. The molecule has 1 aliphatic heterocycles. The van der Waals surface area contributed by atoms with Gasteiger partial charge in [0.05, 0.1) is 17.2 Å². The Morgan fingerprint density at radius 3 is 2.42 bits per heavy atom. The molecule has 0 unspecified atom stereocenters. The molecule has 0 aliphatic carbocycles. The van der Waals surface area contributed by atoms with E-state index in [0.717, 1.165) is 39.2 Å². The predicted octanol–water partition coefficient (Wildman–Crippen LogP) is 6.74. The zero-order chi connectivity index (χ0) is 27.4. The molecule has 38 heavy (non-hydrogen) atoms. The number of rotatable bonds is 8. The zero-order valence-corrected chi connectivity index (χ0v) is 23.7. The molecule has 1 heterocycles. The second kappa shape index (κ2) is 11.8. The van der Waals surface area contributed by atoms with E-state index in [-0.39, 0.29) is 18.4 Å². The molecule has 196 valence electrons. The van der Waals surface area contributed by atoms with Gasteiger partial charge in [0.25, 0.3) is 11.8 Å². The lowest BCUT2D eigenvalue weighted by Gasteiger charge is -2.17. The van der Waals surface area contributed by atoms with Crippen LogP contribution in [0.3, 0.4) is 0 Å². The number of nitrogens with one attached hydrogen (secondary N) is 1. The minimum absolute atomic E-state index is 0.159. The third-order valence-electron chi connectivity index (χ3n) is 5.98. The van der Waals surface area contributed by atoms with Crippen LogP contribution in [0.2, 0.25) is 0 Å². The van der Waals surface area contributed by atoms with Crippen LogP contribution in [0.1, 0.15) is 34.7 Å². The summed E-state index contributed by atoms with van der Waals surface area (Å²) in [5, 5.41) is 2.89. The summed E-state index contributed by atoms with van der Waals surface area (Å²) in [4.78, 5) is 27.9. The summed E-state index contributed by atoms with van der Waals surface area (Å²) < 4.78 is 12.1.